The number of fused-ring (bicyclic) bond motifs is 2. The molecule has 2 N–H and O–H groups in total. The number of halogens is 8. The van der Waals surface area contributed by atoms with E-state index < -0.39 is 66.2 Å². The zero-order valence-corrected chi connectivity index (χ0v) is 19.9. The summed E-state index contributed by atoms with van der Waals surface area (Å²) in [6.45, 7) is -2.73. The number of aromatic amines is 1. The molecule has 0 unspecified atom stereocenters. The van der Waals surface area contributed by atoms with E-state index in [2.05, 4.69) is 30.4 Å². The SMILES string of the molecule is O=c1[nH]c2nc(-c3nn(Cc4ccccc4F)c4ncc(F)cc34)nc(NCCC(F)(F)F)c2n1CC(F)(F)F. The fraction of sp³-hybridized carbons (Fsp3) is 0.261. The van der Waals surface area contributed by atoms with Crippen LogP contribution in [0.25, 0.3) is 33.7 Å². The molecule has 210 valence electrons. The van der Waals surface area contributed by atoms with E-state index in [1.165, 1.54) is 22.9 Å². The van der Waals surface area contributed by atoms with Crippen molar-refractivity contribution in [2.24, 2.45) is 0 Å². The summed E-state index contributed by atoms with van der Waals surface area (Å²) in [4.78, 5) is 26.6. The molecule has 0 atom stereocenters. The quantitative estimate of drug-likeness (QED) is 0.272. The van der Waals surface area contributed by atoms with Crippen molar-refractivity contribution >= 4 is 28.0 Å². The van der Waals surface area contributed by atoms with Gasteiger partial charge in [-0.15, -0.1) is 0 Å². The lowest BCUT2D eigenvalue weighted by atomic mass is 10.2. The molecular weight excluding hydrogens is 556 g/mol. The lowest BCUT2D eigenvalue weighted by Gasteiger charge is -2.13. The molecule has 17 heteroatoms. The summed E-state index contributed by atoms with van der Waals surface area (Å²) in [5.74, 6) is -2.25. The third-order valence-electron chi connectivity index (χ3n) is 5.71. The highest BCUT2D eigenvalue weighted by molar-refractivity contribution is 5.92. The number of benzene rings is 1. The van der Waals surface area contributed by atoms with Crippen LogP contribution in [0, 0.1) is 11.6 Å². The lowest BCUT2D eigenvalue weighted by Crippen LogP contribution is -2.26. The molecule has 0 spiro atoms. The van der Waals surface area contributed by atoms with Crippen molar-refractivity contribution < 1.29 is 35.1 Å². The monoisotopic (exact) mass is 572 g/mol. The topological polar surface area (TPSA) is 106 Å². The normalized spacial score (nSPS) is 12.5. The van der Waals surface area contributed by atoms with Gasteiger partial charge in [-0.05, 0) is 12.1 Å². The molecule has 0 saturated heterocycles. The first-order valence-electron chi connectivity index (χ1n) is 11.4. The molecule has 0 aliphatic rings. The van der Waals surface area contributed by atoms with Gasteiger partial charge in [-0.3, -0.25) is 9.55 Å². The number of rotatable bonds is 7. The van der Waals surface area contributed by atoms with Gasteiger partial charge in [0.2, 0.25) is 0 Å². The molecule has 0 saturated carbocycles. The fourth-order valence-electron chi connectivity index (χ4n) is 4.05. The summed E-state index contributed by atoms with van der Waals surface area (Å²) < 4.78 is 108. The number of anilines is 1. The molecule has 0 amide bonds. The van der Waals surface area contributed by atoms with Crippen LogP contribution in [0.5, 0.6) is 0 Å². The van der Waals surface area contributed by atoms with Crippen LogP contribution in [0.15, 0.2) is 41.3 Å². The number of nitrogens with one attached hydrogen (secondary N) is 2. The van der Waals surface area contributed by atoms with E-state index in [-0.39, 0.29) is 39.2 Å². The van der Waals surface area contributed by atoms with E-state index in [9.17, 15) is 39.9 Å². The Kier molecular flexibility index (Phi) is 6.67. The predicted molar refractivity (Wildman–Crippen MR) is 125 cm³/mol. The predicted octanol–water partition coefficient (Wildman–Crippen LogP) is 4.78. The summed E-state index contributed by atoms with van der Waals surface area (Å²) in [7, 11) is 0. The number of imidazole rings is 1. The van der Waals surface area contributed by atoms with Gasteiger partial charge in [0.25, 0.3) is 0 Å². The van der Waals surface area contributed by atoms with Crippen molar-refractivity contribution in [3.05, 3.63) is 64.2 Å². The van der Waals surface area contributed by atoms with Crippen molar-refractivity contribution in [3.8, 4) is 11.5 Å². The minimum atomic E-state index is -4.86. The van der Waals surface area contributed by atoms with Gasteiger partial charge in [-0.1, -0.05) is 18.2 Å². The maximum absolute atomic E-state index is 14.3. The summed E-state index contributed by atoms with van der Waals surface area (Å²) in [6, 6.07) is 6.76. The molecule has 0 fully saturated rings. The smallest absolute Gasteiger partial charge is 0.368 e. The largest absolute Gasteiger partial charge is 0.406 e. The van der Waals surface area contributed by atoms with Gasteiger partial charge in [0.1, 0.15) is 29.4 Å². The Morgan fingerprint density at radius 3 is 2.45 bits per heavy atom. The van der Waals surface area contributed by atoms with Gasteiger partial charge >= 0.3 is 18.0 Å². The van der Waals surface area contributed by atoms with Crippen LogP contribution in [0.1, 0.15) is 12.0 Å². The second-order valence-electron chi connectivity index (χ2n) is 8.64. The zero-order valence-electron chi connectivity index (χ0n) is 19.9. The third kappa shape index (κ3) is 5.57. The molecule has 5 rings (SSSR count). The van der Waals surface area contributed by atoms with Gasteiger partial charge < -0.3 is 5.32 Å². The number of H-pyrrole nitrogens is 1. The van der Waals surface area contributed by atoms with Crippen molar-refractivity contribution in [1.29, 1.82) is 0 Å². The molecule has 40 heavy (non-hydrogen) atoms. The van der Waals surface area contributed by atoms with Gasteiger partial charge in [0.15, 0.2) is 22.9 Å². The standard InChI is InChI=1S/C23H16F8N8O/c24-12-7-13-15(37-39(20(13)33-8-12)9-11-3-1-2-4-14(11)25)17-34-18(32-6-5-22(26,27)28)16-19(35-17)36-21(40)38(16)10-23(29,30)31/h1-4,7-8H,5-6,9-10H2,(H2,32,34,35,36,40). The Labute approximate surface area is 217 Å². The van der Waals surface area contributed by atoms with Crippen molar-refractivity contribution in [3.63, 3.8) is 0 Å². The van der Waals surface area contributed by atoms with Crippen LogP contribution in [-0.2, 0) is 13.1 Å². The van der Waals surface area contributed by atoms with Crippen LogP contribution in [0.2, 0.25) is 0 Å². The third-order valence-corrected chi connectivity index (χ3v) is 5.71. The molecule has 5 aromatic rings. The summed E-state index contributed by atoms with van der Waals surface area (Å²) in [5, 5.41) is 6.64. The van der Waals surface area contributed by atoms with E-state index in [4.69, 9.17) is 0 Å². The Bertz CT molecular complexity index is 1770. The highest BCUT2D eigenvalue weighted by Gasteiger charge is 2.32. The summed E-state index contributed by atoms with van der Waals surface area (Å²) in [5.41, 5.74) is -2.09. The average molecular weight is 572 g/mol. The first-order chi connectivity index (χ1) is 18.8. The molecule has 0 aliphatic heterocycles. The molecule has 0 aliphatic carbocycles. The molecule has 0 bridgehead atoms. The van der Waals surface area contributed by atoms with E-state index in [0.29, 0.717) is 0 Å². The van der Waals surface area contributed by atoms with Crippen molar-refractivity contribution in [1.82, 2.24) is 34.3 Å². The van der Waals surface area contributed by atoms with E-state index >= 15 is 0 Å². The Morgan fingerprint density at radius 2 is 1.75 bits per heavy atom. The van der Waals surface area contributed by atoms with E-state index in [1.807, 2.05) is 0 Å². The lowest BCUT2D eigenvalue weighted by molar-refractivity contribution is -0.140. The van der Waals surface area contributed by atoms with Crippen LogP contribution < -0.4 is 11.0 Å². The minimum Gasteiger partial charge on any atom is -0.368 e. The number of pyridine rings is 1. The maximum Gasteiger partial charge on any atom is 0.406 e. The van der Waals surface area contributed by atoms with Crippen molar-refractivity contribution in [2.45, 2.75) is 31.9 Å². The van der Waals surface area contributed by atoms with Gasteiger partial charge in [0.05, 0.1) is 24.5 Å². The van der Waals surface area contributed by atoms with E-state index in [1.54, 1.807) is 6.07 Å². The maximum atomic E-state index is 14.3. The fourth-order valence-corrected chi connectivity index (χ4v) is 4.05. The average Bonchev–Trinajstić information content (AvgIpc) is 3.35. The summed E-state index contributed by atoms with van der Waals surface area (Å²) in [6.07, 6.45) is -9.94. The van der Waals surface area contributed by atoms with Crippen LogP contribution in [-0.4, -0.2) is 53.2 Å². The first-order valence-corrected chi connectivity index (χ1v) is 11.4. The number of aromatic nitrogens is 7. The molecule has 4 heterocycles. The number of alkyl halides is 6. The molecule has 9 nitrogen and oxygen atoms in total. The van der Waals surface area contributed by atoms with Crippen LogP contribution >= 0.6 is 0 Å². The number of nitrogens with zero attached hydrogens (tertiary/aromatic N) is 6. The van der Waals surface area contributed by atoms with Crippen LogP contribution in [0.3, 0.4) is 0 Å². The number of hydrogen-bond donors (Lipinski definition) is 2. The molecule has 4 aromatic heterocycles. The second-order valence-corrected chi connectivity index (χ2v) is 8.64. The molecule has 0 radical (unpaired) electrons. The second kappa shape index (κ2) is 9.87. The molecular formula is C23H16F8N8O. The molecule has 1 aromatic carbocycles. The van der Waals surface area contributed by atoms with Crippen molar-refractivity contribution in [2.75, 3.05) is 11.9 Å². The Morgan fingerprint density at radius 1 is 1.00 bits per heavy atom. The van der Waals surface area contributed by atoms with E-state index in [0.717, 1.165) is 12.3 Å². The first kappa shape index (κ1) is 27.0. The zero-order chi connectivity index (χ0) is 28.8. The Balaban J connectivity index is 1.68. The highest BCUT2D eigenvalue weighted by Crippen LogP contribution is 2.30. The van der Waals surface area contributed by atoms with Gasteiger partial charge in [-0.2, -0.15) is 31.4 Å². The highest BCUT2D eigenvalue weighted by atomic mass is 19.4. The van der Waals surface area contributed by atoms with Gasteiger partial charge in [0, 0.05) is 12.1 Å². The van der Waals surface area contributed by atoms with Gasteiger partial charge in [-0.25, -0.2) is 33.2 Å². The van der Waals surface area contributed by atoms with Crippen LogP contribution in [0.4, 0.5) is 40.9 Å². The summed E-state index contributed by atoms with van der Waals surface area (Å²) >= 11 is 0. The number of hydrogen-bond acceptors (Lipinski definition) is 6. The minimum absolute atomic E-state index is 0.0222. The Hall–Kier alpha value is -4.57.